The molecule has 0 bridgehead atoms. The summed E-state index contributed by atoms with van der Waals surface area (Å²) in [5.74, 6) is 1.88. The molecule has 0 saturated heterocycles. The maximum atomic E-state index is 5.34. The van der Waals surface area contributed by atoms with Crippen molar-refractivity contribution in [2.24, 2.45) is 0 Å². The van der Waals surface area contributed by atoms with Gasteiger partial charge in [-0.2, -0.15) is 4.98 Å². The smallest absolute Gasteiger partial charge is 0.268 e. The molecule has 0 radical (unpaired) electrons. The van der Waals surface area contributed by atoms with E-state index < -0.39 is 0 Å². The molecule has 25 heavy (non-hydrogen) atoms. The van der Waals surface area contributed by atoms with E-state index in [0.717, 1.165) is 21.8 Å². The van der Waals surface area contributed by atoms with E-state index in [1.54, 1.807) is 29.9 Å². The van der Waals surface area contributed by atoms with E-state index in [9.17, 15) is 0 Å². The molecule has 0 aliphatic rings. The number of nitrogens with zero attached hydrogens (tertiary/aromatic N) is 4. The summed E-state index contributed by atoms with van der Waals surface area (Å²) in [6, 6.07) is 12.1. The summed E-state index contributed by atoms with van der Waals surface area (Å²) in [7, 11) is 0. The van der Waals surface area contributed by atoms with Gasteiger partial charge in [0, 0.05) is 24.0 Å². The van der Waals surface area contributed by atoms with Crippen LogP contribution in [0.2, 0.25) is 0 Å². The van der Waals surface area contributed by atoms with Crippen LogP contribution in [0.5, 0.6) is 0 Å². The number of benzene rings is 1. The lowest BCUT2D eigenvalue weighted by Crippen LogP contribution is -2.07. The van der Waals surface area contributed by atoms with E-state index >= 15 is 0 Å². The van der Waals surface area contributed by atoms with Gasteiger partial charge >= 0.3 is 0 Å². The Bertz CT molecular complexity index is 935. The Kier molecular flexibility index (Phi) is 4.22. The lowest BCUT2D eigenvalue weighted by molar-refractivity contribution is 0.433. The van der Waals surface area contributed by atoms with E-state index in [2.05, 4.69) is 32.3 Å². The average molecular weight is 349 g/mol. The van der Waals surface area contributed by atoms with Crippen molar-refractivity contribution < 1.29 is 4.52 Å². The molecule has 124 valence electrons. The molecule has 4 aromatic rings. The summed E-state index contributed by atoms with van der Waals surface area (Å²) in [5.41, 5.74) is 2.05. The van der Waals surface area contributed by atoms with Crippen molar-refractivity contribution in [2.45, 2.75) is 13.0 Å². The number of nitrogens with one attached hydrogen (secondary N) is 1. The molecule has 6 nitrogen and oxygen atoms in total. The maximum Gasteiger partial charge on any atom is 0.268 e. The molecule has 0 spiro atoms. The molecule has 3 heterocycles. The molecule has 0 saturated carbocycles. The Balaban J connectivity index is 1.50. The molecular formula is C18H15N5OS. The molecule has 0 unspecified atom stereocenters. The average Bonchev–Trinajstić information content (AvgIpc) is 3.34. The Morgan fingerprint density at radius 2 is 2.00 bits per heavy atom. The predicted molar refractivity (Wildman–Crippen MR) is 97.1 cm³/mol. The molecule has 1 aromatic carbocycles. The van der Waals surface area contributed by atoms with Gasteiger partial charge in [-0.15, -0.1) is 11.3 Å². The van der Waals surface area contributed by atoms with Crippen molar-refractivity contribution >= 4 is 17.2 Å². The fourth-order valence-electron chi connectivity index (χ4n) is 2.44. The first kappa shape index (κ1) is 15.5. The summed E-state index contributed by atoms with van der Waals surface area (Å²) < 4.78 is 5.34. The van der Waals surface area contributed by atoms with Crippen LogP contribution in [0.3, 0.4) is 0 Å². The second-order valence-electron chi connectivity index (χ2n) is 5.48. The van der Waals surface area contributed by atoms with Crippen molar-refractivity contribution in [3.05, 3.63) is 65.9 Å². The van der Waals surface area contributed by atoms with Crippen molar-refractivity contribution in [1.82, 2.24) is 20.1 Å². The van der Waals surface area contributed by atoms with Gasteiger partial charge in [0.15, 0.2) is 0 Å². The SMILES string of the molecule is C[C@@H](Nc1cnccn1)c1ccc(-c2noc(-c3cccs3)n2)cc1. The summed E-state index contributed by atoms with van der Waals surface area (Å²) in [5, 5.41) is 9.38. The number of anilines is 1. The van der Waals surface area contributed by atoms with Gasteiger partial charge in [0.05, 0.1) is 11.1 Å². The highest BCUT2D eigenvalue weighted by molar-refractivity contribution is 7.13. The van der Waals surface area contributed by atoms with E-state index in [0.29, 0.717) is 11.7 Å². The minimum absolute atomic E-state index is 0.109. The van der Waals surface area contributed by atoms with Gasteiger partial charge in [-0.05, 0) is 23.9 Å². The lowest BCUT2D eigenvalue weighted by atomic mass is 10.1. The highest BCUT2D eigenvalue weighted by Crippen LogP contribution is 2.26. The van der Waals surface area contributed by atoms with E-state index in [1.807, 2.05) is 41.8 Å². The first-order valence-electron chi connectivity index (χ1n) is 7.80. The molecular weight excluding hydrogens is 334 g/mol. The molecule has 3 aromatic heterocycles. The van der Waals surface area contributed by atoms with Crippen LogP contribution in [0.25, 0.3) is 22.2 Å². The van der Waals surface area contributed by atoms with Crippen LogP contribution in [0.4, 0.5) is 5.82 Å². The second-order valence-corrected chi connectivity index (χ2v) is 6.43. The standard InChI is InChI=1S/C18H15N5OS/c1-12(21-16-11-19-8-9-20-16)13-4-6-14(7-5-13)17-22-18(24-23-17)15-3-2-10-25-15/h2-12H,1H3,(H,20,21)/t12-/m1/s1. The third-order valence-corrected chi connectivity index (χ3v) is 4.61. The summed E-state index contributed by atoms with van der Waals surface area (Å²) in [4.78, 5) is 13.7. The highest BCUT2D eigenvalue weighted by Gasteiger charge is 2.12. The van der Waals surface area contributed by atoms with Crippen molar-refractivity contribution in [2.75, 3.05) is 5.32 Å². The van der Waals surface area contributed by atoms with Crippen LogP contribution >= 0.6 is 11.3 Å². The molecule has 7 heteroatoms. The van der Waals surface area contributed by atoms with Crippen LogP contribution in [-0.2, 0) is 0 Å². The molecule has 0 aliphatic carbocycles. The van der Waals surface area contributed by atoms with Crippen LogP contribution in [0.15, 0.2) is 64.9 Å². The Labute approximate surface area is 148 Å². The summed E-state index contributed by atoms with van der Waals surface area (Å²) >= 11 is 1.58. The van der Waals surface area contributed by atoms with Gasteiger partial charge in [0.1, 0.15) is 5.82 Å². The van der Waals surface area contributed by atoms with E-state index in [1.165, 1.54) is 0 Å². The van der Waals surface area contributed by atoms with E-state index in [4.69, 9.17) is 4.52 Å². The Morgan fingerprint density at radius 1 is 1.12 bits per heavy atom. The predicted octanol–water partition coefficient (Wildman–Crippen LogP) is 4.43. The molecule has 0 aliphatic heterocycles. The molecule has 0 fully saturated rings. The zero-order valence-electron chi connectivity index (χ0n) is 13.5. The zero-order chi connectivity index (χ0) is 17.1. The third-order valence-electron chi connectivity index (χ3n) is 3.75. The number of hydrogen-bond donors (Lipinski definition) is 1. The normalized spacial score (nSPS) is 12.0. The van der Waals surface area contributed by atoms with Crippen molar-refractivity contribution in [3.8, 4) is 22.2 Å². The Hall–Kier alpha value is -3.06. The molecule has 0 amide bonds. The van der Waals surface area contributed by atoms with Gasteiger partial charge in [-0.1, -0.05) is 35.5 Å². The van der Waals surface area contributed by atoms with Gasteiger partial charge in [0.25, 0.3) is 5.89 Å². The number of aromatic nitrogens is 4. The quantitative estimate of drug-likeness (QED) is 0.574. The van der Waals surface area contributed by atoms with Crippen LogP contribution < -0.4 is 5.32 Å². The monoisotopic (exact) mass is 349 g/mol. The third kappa shape index (κ3) is 3.41. The van der Waals surface area contributed by atoms with Gasteiger partial charge in [-0.3, -0.25) is 4.98 Å². The minimum Gasteiger partial charge on any atom is -0.362 e. The highest BCUT2D eigenvalue weighted by atomic mass is 32.1. The lowest BCUT2D eigenvalue weighted by Gasteiger charge is -2.14. The first-order valence-corrected chi connectivity index (χ1v) is 8.68. The number of thiophene rings is 1. The second kappa shape index (κ2) is 6.82. The number of rotatable bonds is 5. The molecule has 1 N–H and O–H groups in total. The molecule has 4 rings (SSSR count). The summed E-state index contributed by atoms with van der Waals surface area (Å²) in [6.07, 6.45) is 5.02. The van der Waals surface area contributed by atoms with Gasteiger partial charge < -0.3 is 9.84 Å². The van der Waals surface area contributed by atoms with Crippen LogP contribution in [0.1, 0.15) is 18.5 Å². The molecule has 1 atom stereocenters. The van der Waals surface area contributed by atoms with Crippen LogP contribution in [-0.4, -0.2) is 20.1 Å². The largest absolute Gasteiger partial charge is 0.362 e. The fourth-order valence-corrected chi connectivity index (χ4v) is 3.09. The van der Waals surface area contributed by atoms with Gasteiger partial charge in [0.2, 0.25) is 5.82 Å². The zero-order valence-corrected chi connectivity index (χ0v) is 14.3. The fraction of sp³-hybridized carbons (Fsp3) is 0.111. The van der Waals surface area contributed by atoms with Gasteiger partial charge in [-0.25, -0.2) is 4.98 Å². The van der Waals surface area contributed by atoms with Crippen molar-refractivity contribution in [1.29, 1.82) is 0 Å². The minimum atomic E-state index is 0.109. The number of hydrogen-bond acceptors (Lipinski definition) is 7. The maximum absolute atomic E-state index is 5.34. The van der Waals surface area contributed by atoms with E-state index in [-0.39, 0.29) is 6.04 Å². The van der Waals surface area contributed by atoms with Crippen molar-refractivity contribution in [3.63, 3.8) is 0 Å². The topological polar surface area (TPSA) is 76.7 Å². The summed E-state index contributed by atoms with van der Waals surface area (Å²) in [6.45, 7) is 2.08. The Morgan fingerprint density at radius 3 is 2.72 bits per heavy atom. The van der Waals surface area contributed by atoms with Crippen LogP contribution in [0, 0.1) is 0 Å². The first-order chi connectivity index (χ1) is 12.3.